The molecule has 3 aliphatic rings. The summed E-state index contributed by atoms with van der Waals surface area (Å²) >= 11 is 6.43. The van der Waals surface area contributed by atoms with E-state index in [0.29, 0.717) is 16.1 Å². The van der Waals surface area contributed by atoms with E-state index in [4.69, 9.17) is 16.3 Å². The highest BCUT2D eigenvalue weighted by molar-refractivity contribution is 6.40. The summed E-state index contributed by atoms with van der Waals surface area (Å²) in [7, 11) is 0. The molecule has 2 bridgehead atoms. The lowest BCUT2D eigenvalue weighted by molar-refractivity contribution is -0.100. The maximum atomic E-state index is 13.2. The van der Waals surface area contributed by atoms with Gasteiger partial charge >= 0.3 is 0 Å². The first-order valence-electron chi connectivity index (χ1n) is 11.2. The molecule has 1 fully saturated rings. The quantitative estimate of drug-likeness (QED) is 0.303. The van der Waals surface area contributed by atoms with Crippen LogP contribution in [-0.4, -0.2) is 20.9 Å². The van der Waals surface area contributed by atoms with Crippen LogP contribution in [0.5, 0.6) is 0 Å². The molecule has 0 spiro atoms. The molecule has 2 amide bonds. The van der Waals surface area contributed by atoms with Gasteiger partial charge in [-0.05, 0) is 57.0 Å². The lowest BCUT2D eigenvalue weighted by Gasteiger charge is -2.27. The summed E-state index contributed by atoms with van der Waals surface area (Å²) in [6.45, 7) is 4.16. The van der Waals surface area contributed by atoms with Crippen molar-refractivity contribution >= 4 is 67.0 Å². The number of halogens is 1. The molecule has 3 aromatic carbocycles. The highest BCUT2D eigenvalue weighted by Crippen LogP contribution is 2.54. The Morgan fingerprint density at radius 1 is 1.00 bits per heavy atom. The van der Waals surface area contributed by atoms with Crippen molar-refractivity contribution in [2.75, 3.05) is 0 Å². The number of aryl methyl sites for hydroxylation is 1. The molecule has 33 heavy (non-hydrogen) atoms. The van der Waals surface area contributed by atoms with E-state index in [0.717, 1.165) is 62.0 Å². The highest BCUT2D eigenvalue weighted by atomic mass is 35.5. The van der Waals surface area contributed by atoms with Gasteiger partial charge in [-0.25, -0.2) is 0 Å². The van der Waals surface area contributed by atoms with Gasteiger partial charge in [0.1, 0.15) is 12.0 Å². The molecule has 0 saturated carbocycles. The number of rotatable bonds is 0. The minimum atomic E-state index is -0.575. The normalized spacial score (nSPS) is 23.4. The van der Waals surface area contributed by atoms with Gasteiger partial charge in [0.2, 0.25) is 0 Å². The second kappa shape index (κ2) is 5.41. The summed E-state index contributed by atoms with van der Waals surface area (Å²) in [5, 5.41) is 6.59. The fourth-order valence-corrected chi connectivity index (χ4v) is 6.70. The van der Waals surface area contributed by atoms with Crippen LogP contribution in [0.3, 0.4) is 0 Å². The number of imide groups is 1. The molecule has 0 radical (unpaired) electrons. The lowest BCUT2D eigenvalue weighted by Crippen LogP contribution is -2.28. The van der Waals surface area contributed by atoms with E-state index < -0.39 is 5.72 Å². The van der Waals surface area contributed by atoms with E-state index in [1.807, 2.05) is 25.1 Å². The minimum Gasteiger partial charge on any atom is -0.332 e. The highest BCUT2D eigenvalue weighted by Gasteiger charge is 2.47. The van der Waals surface area contributed by atoms with Gasteiger partial charge < -0.3 is 13.9 Å². The van der Waals surface area contributed by atoms with Gasteiger partial charge in [-0.1, -0.05) is 23.2 Å². The molecular formula is C26H18ClN3O3. The lowest BCUT2D eigenvalue weighted by atomic mass is 9.96. The van der Waals surface area contributed by atoms with Crippen LogP contribution in [0.1, 0.15) is 52.3 Å². The van der Waals surface area contributed by atoms with Crippen molar-refractivity contribution in [1.29, 1.82) is 0 Å². The molecule has 1 saturated heterocycles. The fourth-order valence-electron chi connectivity index (χ4n) is 6.53. The molecule has 2 atom stereocenters. The Kier molecular flexibility index (Phi) is 2.97. The third-order valence-corrected chi connectivity index (χ3v) is 7.98. The number of amides is 2. The predicted octanol–water partition coefficient (Wildman–Crippen LogP) is 5.74. The Balaban J connectivity index is 1.81. The van der Waals surface area contributed by atoms with Crippen LogP contribution < -0.4 is 5.32 Å². The predicted molar refractivity (Wildman–Crippen MR) is 127 cm³/mol. The number of aromatic nitrogens is 2. The Hall–Kier alpha value is -3.35. The van der Waals surface area contributed by atoms with Gasteiger partial charge in [0.15, 0.2) is 0 Å². The monoisotopic (exact) mass is 455 g/mol. The number of hydrogen-bond acceptors (Lipinski definition) is 3. The van der Waals surface area contributed by atoms with Crippen LogP contribution in [0.15, 0.2) is 36.4 Å². The molecule has 7 heteroatoms. The van der Waals surface area contributed by atoms with Gasteiger partial charge in [-0.2, -0.15) is 0 Å². The molecule has 162 valence electrons. The number of nitrogens with zero attached hydrogens (tertiary/aromatic N) is 2. The van der Waals surface area contributed by atoms with Crippen molar-refractivity contribution in [1.82, 2.24) is 14.5 Å². The molecule has 3 aliphatic heterocycles. The van der Waals surface area contributed by atoms with E-state index >= 15 is 0 Å². The molecule has 0 unspecified atom stereocenters. The van der Waals surface area contributed by atoms with E-state index in [-0.39, 0.29) is 18.0 Å². The number of carbonyl (C=O) groups is 2. The van der Waals surface area contributed by atoms with Crippen LogP contribution >= 0.6 is 11.6 Å². The zero-order valence-electron chi connectivity index (χ0n) is 18.0. The number of carbonyl (C=O) groups excluding carboxylic acids is 2. The molecule has 0 aliphatic carbocycles. The SMILES string of the molecule is Cc1ccc2c(c1)c1c3c(c4c5cc(Cl)ccc5n5c4c1n2[C@@H]1CC[C@@]5(C)O1)C(=O)NC3=O. The Morgan fingerprint density at radius 2 is 1.70 bits per heavy atom. The van der Waals surface area contributed by atoms with E-state index in [1.165, 1.54) is 0 Å². The van der Waals surface area contributed by atoms with Crippen molar-refractivity contribution in [2.45, 2.75) is 38.6 Å². The summed E-state index contributed by atoms with van der Waals surface area (Å²) < 4.78 is 11.2. The zero-order valence-corrected chi connectivity index (χ0v) is 18.7. The second-order valence-corrected chi connectivity index (χ2v) is 10.1. The summed E-state index contributed by atoms with van der Waals surface area (Å²) in [5.74, 6) is -0.702. The molecular weight excluding hydrogens is 438 g/mol. The first-order valence-corrected chi connectivity index (χ1v) is 11.5. The largest absolute Gasteiger partial charge is 0.332 e. The van der Waals surface area contributed by atoms with E-state index in [9.17, 15) is 9.59 Å². The fraction of sp³-hybridized carbons (Fsp3) is 0.231. The van der Waals surface area contributed by atoms with Crippen molar-refractivity contribution in [3.05, 3.63) is 58.1 Å². The first kappa shape index (κ1) is 18.1. The Morgan fingerprint density at radius 3 is 2.48 bits per heavy atom. The van der Waals surface area contributed by atoms with Crippen molar-refractivity contribution < 1.29 is 14.3 Å². The van der Waals surface area contributed by atoms with Gasteiger partial charge in [-0.3, -0.25) is 14.9 Å². The third-order valence-electron chi connectivity index (χ3n) is 7.75. The molecule has 5 heterocycles. The zero-order chi connectivity index (χ0) is 22.4. The number of benzene rings is 3. The van der Waals surface area contributed by atoms with Crippen LogP contribution in [0.4, 0.5) is 0 Å². The third kappa shape index (κ3) is 1.89. The molecule has 8 rings (SSSR count). The van der Waals surface area contributed by atoms with E-state index in [2.05, 4.69) is 39.6 Å². The van der Waals surface area contributed by atoms with Gasteiger partial charge in [-0.15, -0.1) is 0 Å². The molecule has 2 aromatic heterocycles. The standard InChI is InChI=1S/C26H18ClN3O3/c1-11-3-5-15-13(9-11)18-20-21(25(32)28-24(20)31)19-14-10-12(27)4-6-16(14)30-23(19)22(18)29(15)17-7-8-26(30,2)33-17/h3-6,9-10,17H,7-8H2,1-2H3,(H,28,31,32)/t17-,26+/m0/s1. The van der Waals surface area contributed by atoms with Crippen LogP contribution in [0.25, 0.3) is 43.6 Å². The summed E-state index contributed by atoms with van der Waals surface area (Å²) in [5.41, 5.74) is 5.28. The Bertz CT molecular complexity index is 1810. The molecule has 6 nitrogen and oxygen atoms in total. The number of hydrogen-bond donors (Lipinski definition) is 1. The number of ether oxygens (including phenoxy) is 1. The second-order valence-electron chi connectivity index (χ2n) is 9.65. The first-order chi connectivity index (χ1) is 15.9. The van der Waals surface area contributed by atoms with Crippen molar-refractivity contribution in [3.8, 4) is 0 Å². The smallest absolute Gasteiger partial charge is 0.259 e. The van der Waals surface area contributed by atoms with Crippen LogP contribution in [-0.2, 0) is 10.5 Å². The van der Waals surface area contributed by atoms with Crippen LogP contribution in [0, 0.1) is 6.92 Å². The molecule has 1 N–H and O–H groups in total. The number of nitrogens with one attached hydrogen (secondary N) is 1. The topological polar surface area (TPSA) is 65.3 Å². The van der Waals surface area contributed by atoms with Crippen LogP contribution in [0.2, 0.25) is 5.02 Å². The summed E-state index contributed by atoms with van der Waals surface area (Å²) in [6.07, 6.45) is 1.55. The van der Waals surface area contributed by atoms with Gasteiger partial charge in [0, 0.05) is 26.6 Å². The average molecular weight is 456 g/mol. The average Bonchev–Trinajstić information content (AvgIpc) is 3.46. The Labute approximate surface area is 192 Å². The maximum absolute atomic E-state index is 13.2. The van der Waals surface area contributed by atoms with Gasteiger partial charge in [0.05, 0.1) is 33.2 Å². The van der Waals surface area contributed by atoms with E-state index in [1.54, 1.807) is 0 Å². The molecule has 5 aromatic rings. The van der Waals surface area contributed by atoms with Gasteiger partial charge in [0.25, 0.3) is 11.8 Å². The summed E-state index contributed by atoms with van der Waals surface area (Å²) in [4.78, 5) is 26.4. The number of fused-ring (bicyclic) bond motifs is 13. The van der Waals surface area contributed by atoms with Crippen molar-refractivity contribution in [2.24, 2.45) is 0 Å². The minimum absolute atomic E-state index is 0.152. The maximum Gasteiger partial charge on any atom is 0.259 e. The van der Waals surface area contributed by atoms with Crippen molar-refractivity contribution in [3.63, 3.8) is 0 Å². The summed E-state index contributed by atoms with van der Waals surface area (Å²) in [6, 6.07) is 12.1.